The summed E-state index contributed by atoms with van der Waals surface area (Å²) in [6.07, 6.45) is 2.32. The number of benzene rings is 1. The quantitative estimate of drug-likeness (QED) is 0.723. The van der Waals surface area contributed by atoms with Gasteiger partial charge in [0.15, 0.2) is 0 Å². The first-order chi connectivity index (χ1) is 6.63. The van der Waals surface area contributed by atoms with Gasteiger partial charge in [-0.2, -0.15) is 0 Å². The van der Waals surface area contributed by atoms with E-state index >= 15 is 0 Å². The van der Waals surface area contributed by atoms with Gasteiger partial charge in [-0.1, -0.05) is 17.9 Å². The molecule has 0 aromatic heterocycles. The van der Waals surface area contributed by atoms with Crippen molar-refractivity contribution in [1.82, 2.24) is 0 Å². The standard InChI is InChI=1S/C10H10O4/c1-14-9-4-2-7(6-8(9)11)3-5-10(12)13/h2-6,11H,1H3,(H,12,13)/p-1. The van der Waals surface area contributed by atoms with E-state index in [4.69, 9.17) is 9.84 Å². The van der Waals surface area contributed by atoms with E-state index < -0.39 is 5.97 Å². The summed E-state index contributed by atoms with van der Waals surface area (Å²) >= 11 is 0. The van der Waals surface area contributed by atoms with Crippen molar-refractivity contribution in [2.45, 2.75) is 0 Å². The summed E-state index contributed by atoms with van der Waals surface area (Å²) in [6.45, 7) is 0. The molecule has 1 aromatic carbocycles. The number of carboxylic acids is 1. The summed E-state index contributed by atoms with van der Waals surface area (Å²) in [5.74, 6) is -1.06. The van der Waals surface area contributed by atoms with E-state index in [-0.39, 0.29) is 11.5 Å². The summed E-state index contributed by atoms with van der Waals surface area (Å²) in [7, 11) is 1.41. The van der Waals surface area contributed by atoms with Crippen molar-refractivity contribution < 1.29 is 19.7 Å². The number of aliphatic carboxylic acids is 1. The van der Waals surface area contributed by atoms with E-state index in [0.717, 1.165) is 6.08 Å². The third-order valence-corrected chi connectivity index (χ3v) is 1.61. The molecule has 14 heavy (non-hydrogen) atoms. The van der Waals surface area contributed by atoms with Crippen LogP contribution in [0.2, 0.25) is 0 Å². The largest absolute Gasteiger partial charge is 0.870 e. The van der Waals surface area contributed by atoms with Gasteiger partial charge in [0.25, 0.3) is 0 Å². The van der Waals surface area contributed by atoms with Crippen molar-refractivity contribution in [3.8, 4) is 11.5 Å². The molecule has 0 atom stereocenters. The van der Waals surface area contributed by atoms with Gasteiger partial charge in [-0.3, -0.25) is 0 Å². The Labute approximate surface area is 81.1 Å². The molecule has 1 aromatic rings. The van der Waals surface area contributed by atoms with Crippen molar-refractivity contribution in [1.29, 1.82) is 0 Å². The molecule has 0 amide bonds. The van der Waals surface area contributed by atoms with Crippen LogP contribution in [0.1, 0.15) is 5.56 Å². The second-order valence-electron chi connectivity index (χ2n) is 2.58. The lowest BCUT2D eigenvalue weighted by Crippen LogP contribution is -1.95. The molecule has 0 saturated heterocycles. The zero-order valence-electron chi connectivity index (χ0n) is 7.56. The number of rotatable bonds is 3. The average molecular weight is 193 g/mol. The first-order valence-corrected chi connectivity index (χ1v) is 3.89. The highest BCUT2D eigenvalue weighted by Gasteiger charge is 1.94. The first-order valence-electron chi connectivity index (χ1n) is 3.89. The maximum absolute atomic E-state index is 11.2. The van der Waals surface area contributed by atoms with Crippen LogP contribution in [-0.4, -0.2) is 18.2 Å². The molecular weight excluding hydrogens is 184 g/mol. The summed E-state index contributed by atoms with van der Waals surface area (Å²) < 4.78 is 4.77. The SMILES string of the molecule is COc1ccc(C=CC(=O)O)cc1[O-]. The van der Waals surface area contributed by atoms with Crippen molar-refractivity contribution in [2.75, 3.05) is 7.11 Å². The van der Waals surface area contributed by atoms with Gasteiger partial charge >= 0.3 is 5.97 Å². The van der Waals surface area contributed by atoms with E-state index in [1.165, 1.54) is 25.3 Å². The summed E-state index contributed by atoms with van der Waals surface area (Å²) in [6, 6.07) is 4.43. The van der Waals surface area contributed by atoms with Crippen LogP contribution < -0.4 is 9.84 Å². The van der Waals surface area contributed by atoms with Crippen LogP contribution >= 0.6 is 0 Å². The Morgan fingerprint density at radius 3 is 2.79 bits per heavy atom. The third kappa shape index (κ3) is 2.52. The van der Waals surface area contributed by atoms with Gasteiger partial charge in [0, 0.05) is 6.08 Å². The topological polar surface area (TPSA) is 69.6 Å². The highest BCUT2D eigenvalue weighted by atomic mass is 16.5. The lowest BCUT2D eigenvalue weighted by Gasteiger charge is -2.12. The van der Waals surface area contributed by atoms with Gasteiger partial charge in [0.05, 0.1) is 7.11 Å². The van der Waals surface area contributed by atoms with E-state index in [0.29, 0.717) is 5.56 Å². The van der Waals surface area contributed by atoms with Crippen molar-refractivity contribution in [2.24, 2.45) is 0 Å². The van der Waals surface area contributed by atoms with Crippen LogP contribution in [0.25, 0.3) is 6.08 Å². The first kappa shape index (κ1) is 10.1. The number of hydrogen-bond acceptors (Lipinski definition) is 3. The van der Waals surface area contributed by atoms with Crippen molar-refractivity contribution >= 4 is 12.0 Å². The fourth-order valence-corrected chi connectivity index (χ4v) is 0.964. The molecule has 0 radical (unpaired) electrons. The predicted octanol–water partition coefficient (Wildman–Crippen LogP) is 0.867. The minimum Gasteiger partial charge on any atom is -0.870 e. The highest BCUT2D eigenvalue weighted by Crippen LogP contribution is 2.23. The molecule has 0 saturated carbocycles. The molecule has 0 aliphatic heterocycles. The molecular formula is C10H9O4-. The Morgan fingerprint density at radius 1 is 1.57 bits per heavy atom. The van der Waals surface area contributed by atoms with Crippen molar-refractivity contribution in [3.05, 3.63) is 29.8 Å². The summed E-state index contributed by atoms with van der Waals surface area (Å²) in [5, 5.41) is 19.6. The molecule has 4 heteroatoms. The Bertz CT molecular complexity index is 368. The van der Waals surface area contributed by atoms with Crippen LogP contribution in [-0.2, 0) is 4.79 Å². The smallest absolute Gasteiger partial charge is 0.328 e. The number of carbonyl (C=O) groups is 1. The molecule has 0 aliphatic rings. The zero-order valence-corrected chi connectivity index (χ0v) is 7.56. The Kier molecular flexibility index (Phi) is 3.12. The predicted molar refractivity (Wildman–Crippen MR) is 49.1 cm³/mol. The van der Waals surface area contributed by atoms with E-state index in [9.17, 15) is 9.90 Å². The van der Waals surface area contributed by atoms with Crippen LogP contribution in [0.4, 0.5) is 0 Å². The van der Waals surface area contributed by atoms with Crippen molar-refractivity contribution in [3.63, 3.8) is 0 Å². The summed E-state index contributed by atoms with van der Waals surface area (Å²) in [4.78, 5) is 10.2. The van der Waals surface area contributed by atoms with Gasteiger partial charge < -0.3 is 14.9 Å². The van der Waals surface area contributed by atoms with Gasteiger partial charge in [0.2, 0.25) is 0 Å². The fraction of sp³-hybridized carbons (Fsp3) is 0.100. The molecule has 0 aliphatic carbocycles. The normalized spacial score (nSPS) is 10.4. The lowest BCUT2D eigenvalue weighted by molar-refractivity contribution is -0.270. The Hall–Kier alpha value is -1.97. The molecule has 0 fully saturated rings. The molecule has 0 unspecified atom stereocenters. The van der Waals surface area contributed by atoms with E-state index in [2.05, 4.69) is 0 Å². The second kappa shape index (κ2) is 4.32. The molecule has 0 spiro atoms. The minimum absolute atomic E-state index is 0.248. The molecule has 0 bridgehead atoms. The molecule has 1 rings (SSSR count). The van der Waals surface area contributed by atoms with Crippen LogP contribution in [0.3, 0.4) is 0 Å². The minimum atomic E-state index is -1.05. The van der Waals surface area contributed by atoms with E-state index in [1.807, 2.05) is 0 Å². The van der Waals surface area contributed by atoms with Gasteiger partial charge in [0.1, 0.15) is 5.75 Å². The fourth-order valence-electron chi connectivity index (χ4n) is 0.964. The van der Waals surface area contributed by atoms with E-state index in [1.54, 1.807) is 6.07 Å². The van der Waals surface area contributed by atoms with Crippen LogP contribution in [0.15, 0.2) is 24.3 Å². The Balaban J connectivity index is 2.91. The van der Waals surface area contributed by atoms with Gasteiger partial charge in [-0.15, -0.1) is 0 Å². The lowest BCUT2D eigenvalue weighted by atomic mass is 10.2. The third-order valence-electron chi connectivity index (χ3n) is 1.61. The van der Waals surface area contributed by atoms with Gasteiger partial charge in [-0.05, 0) is 17.7 Å². The number of methoxy groups -OCH3 is 1. The maximum atomic E-state index is 11.2. The molecule has 74 valence electrons. The average Bonchev–Trinajstić information content (AvgIpc) is 2.15. The van der Waals surface area contributed by atoms with Gasteiger partial charge in [-0.25, -0.2) is 4.79 Å². The monoisotopic (exact) mass is 193 g/mol. The maximum Gasteiger partial charge on any atom is 0.328 e. The van der Waals surface area contributed by atoms with Crippen LogP contribution in [0.5, 0.6) is 11.5 Å². The second-order valence-corrected chi connectivity index (χ2v) is 2.58. The zero-order chi connectivity index (χ0) is 10.6. The number of carboxylic acid groups (broad SMARTS) is 1. The molecule has 4 nitrogen and oxygen atoms in total. The number of ether oxygens (including phenoxy) is 1. The molecule has 1 N–H and O–H groups in total. The highest BCUT2D eigenvalue weighted by molar-refractivity contribution is 5.85. The number of hydrogen-bond donors (Lipinski definition) is 1. The summed E-state index contributed by atoms with van der Waals surface area (Å²) in [5.41, 5.74) is 0.540. The van der Waals surface area contributed by atoms with Crippen LogP contribution in [0, 0.1) is 0 Å². The Morgan fingerprint density at radius 2 is 2.29 bits per heavy atom. The molecule has 0 heterocycles.